The maximum atomic E-state index is 12.8. The van der Waals surface area contributed by atoms with Crippen LogP contribution in [0.1, 0.15) is 11.1 Å². The van der Waals surface area contributed by atoms with Crippen LogP contribution in [0.25, 0.3) is 50.1 Å². The summed E-state index contributed by atoms with van der Waals surface area (Å²) in [6, 6.07) is 33.7. The summed E-state index contributed by atoms with van der Waals surface area (Å²) in [5.74, 6) is -0.461. The third-order valence-electron chi connectivity index (χ3n) is 8.19. The molecule has 0 N–H and O–H groups in total. The molecule has 0 amide bonds. The standard InChI is InChI=1S/C40H20F6I6O2/c1-20(21-2-6-23(7-3-21)27-12-14-29(37(51)35(27)49)25-10-16-33(31(47)18-25)53-39(41,42)43)22-4-8-24(9-5-22)28-13-15-30(38(52)36(28)50)26-11-17-34(32(48)19-26)54-40(44,45)46/h2-19H,1H2. The van der Waals surface area contributed by atoms with Crippen molar-refractivity contribution in [2.24, 2.45) is 0 Å². The van der Waals surface area contributed by atoms with E-state index in [0.29, 0.717) is 7.14 Å². The van der Waals surface area contributed by atoms with Gasteiger partial charge in [0.05, 0.1) is 7.14 Å². The second kappa shape index (κ2) is 17.2. The van der Waals surface area contributed by atoms with Crippen molar-refractivity contribution in [2.45, 2.75) is 12.7 Å². The molecule has 0 heterocycles. The van der Waals surface area contributed by atoms with Gasteiger partial charge in [0.15, 0.2) is 0 Å². The highest BCUT2D eigenvalue weighted by Crippen LogP contribution is 2.40. The first kappa shape index (κ1) is 42.2. The average molecular weight is 1410 g/mol. The smallest absolute Gasteiger partial charge is 0.405 e. The summed E-state index contributed by atoms with van der Waals surface area (Å²) in [7, 11) is 0. The highest BCUT2D eigenvalue weighted by atomic mass is 127. The molecule has 0 aliphatic rings. The van der Waals surface area contributed by atoms with Crippen LogP contribution >= 0.6 is 136 Å². The lowest BCUT2D eigenvalue weighted by Gasteiger charge is -2.15. The number of rotatable bonds is 8. The van der Waals surface area contributed by atoms with Gasteiger partial charge in [-0.3, -0.25) is 0 Å². The molecule has 14 heteroatoms. The Labute approximate surface area is 388 Å². The molecule has 2 nitrogen and oxygen atoms in total. The molecule has 6 aromatic rings. The molecule has 0 aliphatic carbocycles. The molecule has 0 unspecified atom stereocenters. The monoisotopic (exact) mass is 1410 g/mol. The Kier molecular flexibility index (Phi) is 13.5. The fourth-order valence-corrected chi connectivity index (χ4v) is 9.99. The van der Waals surface area contributed by atoms with Gasteiger partial charge in [0.25, 0.3) is 0 Å². The summed E-state index contributed by atoms with van der Waals surface area (Å²) < 4.78 is 89.6. The molecule has 0 atom stereocenters. The van der Waals surface area contributed by atoms with Crippen molar-refractivity contribution >= 4 is 141 Å². The third kappa shape index (κ3) is 9.83. The van der Waals surface area contributed by atoms with E-state index in [1.807, 2.05) is 93.7 Å². The Morgan fingerprint density at radius 3 is 0.963 bits per heavy atom. The predicted octanol–water partition coefficient (Wildman–Crippen LogP) is 15.8. The SMILES string of the molecule is C=C(c1ccc(-c2ccc(-c3ccc(OC(F)(F)F)c(I)c3)c(I)c2I)cc1)c1ccc(-c2ccc(-c3ccc(OC(F)(F)F)c(I)c3)c(I)c2I)cc1. The molecule has 6 aromatic carbocycles. The first-order chi connectivity index (χ1) is 25.4. The maximum Gasteiger partial charge on any atom is 0.573 e. The summed E-state index contributed by atoms with van der Waals surface area (Å²) in [5.41, 5.74) is 10.3. The van der Waals surface area contributed by atoms with E-state index in [2.05, 4.69) is 131 Å². The fraction of sp³-hybridized carbons (Fsp3) is 0.0500. The van der Waals surface area contributed by atoms with Crippen molar-refractivity contribution in [1.82, 2.24) is 0 Å². The number of halogens is 12. The van der Waals surface area contributed by atoms with Crippen LogP contribution in [-0.4, -0.2) is 12.7 Å². The largest absolute Gasteiger partial charge is 0.573 e. The van der Waals surface area contributed by atoms with Gasteiger partial charge in [0.2, 0.25) is 0 Å². The molecule has 0 bridgehead atoms. The highest BCUT2D eigenvalue weighted by Gasteiger charge is 2.33. The van der Waals surface area contributed by atoms with Crippen LogP contribution in [0.4, 0.5) is 26.3 Å². The van der Waals surface area contributed by atoms with Gasteiger partial charge in [0, 0.05) is 14.3 Å². The van der Waals surface area contributed by atoms with Crippen LogP contribution in [0, 0.1) is 21.4 Å². The average Bonchev–Trinajstić information content (AvgIpc) is 3.11. The van der Waals surface area contributed by atoms with E-state index < -0.39 is 12.7 Å². The Hall–Kier alpha value is -1.38. The number of ether oxygens (including phenoxy) is 2. The summed E-state index contributed by atoms with van der Waals surface area (Å²) in [5, 5.41) is 0. The van der Waals surface area contributed by atoms with Gasteiger partial charge in [-0.1, -0.05) is 91.5 Å². The van der Waals surface area contributed by atoms with E-state index in [0.717, 1.165) is 75.5 Å². The van der Waals surface area contributed by atoms with Crippen molar-refractivity contribution in [1.29, 1.82) is 0 Å². The van der Waals surface area contributed by atoms with E-state index in [1.54, 1.807) is 24.3 Å². The minimum absolute atomic E-state index is 0.230. The van der Waals surface area contributed by atoms with Crippen LogP contribution in [0.3, 0.4) is 0 Å². The summed E-state index contributed by atoms with van der Waals surface area (Å²) >= 11 is 12.9. The summed E-state index contributed by atoms with van der Waals surface area (Å²) in [4.78, 5) is 0. The summed E-state index contributed by atoms with van der Waals surface area (Å²) in [6.45, 7) is 4.37. The predicted molar refractivity (Wildman–Crippen MR) is 252 cm³/mol. The normalized spacial score (nSPS) is 11.8. The van der Waals surface area contributed by atoms with Gasteiger partial charge in [-0.2, -0.15) is 0 Å². The second-order valence-corrected chi connectivity index (χ2v) is 18.2. The van der Waals surface area contributed by atoms with Crippen LogP contribution in [0.15, 0.2) is 116 Å². The Bertz CT molecular complexity index is 2230. The molecule has 54 heavy (non-hydrogen) atoms. The van der Waals surface area contributed by atoms with Crippen molar-refractivity contribution in [3.63, 3.8) is 0 Å². The number of benzene rings is 6. The van der Waals surface area contributed by atoms with Gasteiger partial charge in [-0.05, 0) is 221 Å². The van der Waals surface area contributed by atoms with E-state index in [4.69, 9.17) is 0 Å². The topological polar surface area (TPSA) is 18.5 Å². The maximum absolute atomic E-state index is 12.8. The van der Waals surface area contributed by atoms with Crippen LogP contribution in [0.5, 0.6) is 11.5 Å². The molecule has 0 spiro atoms. The lowest BCUT2D eigenvalue weighted by atomic mass is 9.94. The molecule has 6 rings (SSSR count). The number of alkyl halides is 6. The van der Waals surface area contributed by atoms with Crippen molar-refractivity contribution in [3.8, 4) is 56.0 Å². The molecule has 0 fully saturated rings. The second-order valence-electron chi connectivity index (χ2n) is 11.6. The van der Waals surface area contributed by atoms with Gasteiger partial charge in [-0.15, -0.1) is 26.3 Å². The van der Waals surface area contributed by atoms with E-state index >= 15 is 0 Å². The van der Waals surface area contributed by atoms with Crippen LogP contribution in [0.2, 0.25) is 0 Å². The Morgan fingerprint density at radius 2 is 0.685 bits per heavy atom. The zero-order valence-corrected chi connectivity index (χ0v) is 39.9. The minimum atomic E-state index is -4.75. The third-order valence-corrected chi connectivity index (χ3v) is 16.4. The summed E-state index contributed by atoms with van der Waals surface area (Å²) in [6.07, 6.45) is -9.51. The van der Waals surface area contributed by atoms with Gasteiger partial charge >= 0.3 is 12.7 Å². The van der Waals surface area contributed by atoms with Crippen molar-refractivity contribution in [3.05, 3.63) is 148 Å². The Morgan fingerprint density at radius 1 is 0.407 bits per heavy atom. The molecular formula is C40H20F6I6O2. The van der Waals surface area contributed by atoms with Crippen LogP contribution < -0.4 is 9.47 Å². The van der Waals surface area contributed by atoms with E-state index in [9.17, 15) is 26.3 Å². The van der Waals surface area contributed by atoms with Crippen LogP contribution in [-0.2, 0) is 0 Å². The Balaban J connectivity index is 1.18. The number of hydrogen-bond acceptors (Lipinski definition) is 2. The molecule has 0 radical (unpaired) electrons. The lowest BCUT2D eigenvalue weighted by Crippen LogP contribution is -2.17. The van der Waals surface area contributed by atoms with Gasteiger partial charge in [-0.25, -0.2) is 0 Å². The number of hydrogen-bond donors (Lipinski definition) is 0. The fourth-order valence-electron chi connectivity index (χ4n) is 5.61. The molecule has 0 saturated carbocycles. The van der Waals surface area contributed by atoms with E-state index in [1.165, 1.54) is 12.1 Å². The molecular weight excluding hydrogens is 1390 g/mol. The minimum Gasteiger partial charge on any atom is -0.405 e. The highest BCUT2D eigenvalue weighted by molar-refractivity contribution is 14.1. The zero-order valence-electron chi connectivity index (χ0n) is 27.0. The van der Waals surface area contributed by atoms with Gasteiger partial charge < -0.3 is 9.47 Å². The zero-order chi connectivity index (χ0) is 39.1. The quantitative estimate of drug-likeness (QED) is 0.112. The molecule has 0 saturated heterocycles. The van der Waals surface area contributed by atoms with Crippen molar-refractivity contribution < 1.29 is 35.8 Å². The molecule has 0 aromatic heterocycles. The lowest BCUT2D eigenvalue weighted by molar-refractivity contribution is -0.276. The first-order valence-electron chi connectivity index (χ1n) is 15.4. The van der Waals surface area contributed by atoms with Crippen molar-refractivity contribution in [2.75, 3.05) is 0 Å². The molecule has 276 valence electrons. The van der Waals surface area contributed by atoms with Gasteiger partial charge in [0.1, 0.15) is 11.5 Å². The molecule has 0 aliphatic heterocycles. The van der Waals surface area contributed by atoms with E-state index in [-0.39, 0.29) is 11.5 Å². The first-order valence-corrected chi connectivity index (χ1v) is 21.9.